The molecule has 236 valence electrons. The van der Waals surface area contributed by atoms with Crippen molar-refractivity contribution in [2.45, 2.75) is 91.6 Å². The molecule has 0 aromatic heterocycles. The van der Waals surface area contributed by atoms with Gasteiger partial charge in [0.1, 0.15) is 17.2 Å². The van der Waals surface area contributed by atoms with Gasteiger partial charge in [0, 0.05) is 18.6 Å². The van der Waals surface area contributed by atoms with Crippen LogP contribution in [-0.2, 0) is 9.53 Å². The lowest BCUT2D eigenvalue weighted by molar-refractivity contribution is -0.146. The second-order valence-electron chi connectivity index (χ2n) is 11.3. The predicted octanol–water partition coefficient (Wildman–Crippen LogP) is 8.96. The van der Waals surface area contributed by atoms with Crippen molar-refractivity contribution in [3.8, 4) is 28.4 Å². The third kappa shape index (κ3) is 10.6. The van der Waals surface area contributed by atoms with Gasteiger partial charge < -0.3 is 19.3 Å². The normalized spacial score (nSPS) is 12.4. The quantitative estimate of drug-likeness (QED) is 0.0671. The number of hydrogen-bond acceptors (Lipinski definition) is 7. The van der Waals surface area contributed by atoms with E-state index >= 15 is 0 Å². The molecule has 0 aliphatic heterocycles. The highest BCUT2D eigenvalue weighted by molar-refractivity contribution is 6.00. The minimum Gasteiger partial charge on any atom is -0.507 e. The van der Waals surface area contributed by atoms with E-state index in [-0.39, 0.29) is 28.8 Å². The number of hydrogen-bond donors (Lipinski definition) is 1. The number of carbonyl (C=O) groups excluding carboxylic acids is 3. The molecule has 7 nitrogen and oxygen atoms in total. The number of ether oxygens (including phenoxy) is 3. The molecule has 0 aliphatic rings. The van der Waals surface area contributed by atoms with E-state index in [2.05, 4.69) is 13.8 Å². The van der Waals surface area contributed by atoms with E-state index in [4.69, 9.17) is 14.2 Å². The van der Waals surface area contributed by atoms with Crippen molar-refractivity contribution in [2.75, 3.05) is 6.61 Å². The molecule has 1 N–H and O–H groups in total. The second-order valence-corrected chi connectivity index (χ2v) is 11.3. The first-order valence-electron chi connectivity index (χ1n) is 15.9. The summed E-state index contributed by atoms with van der Waals surface area (Å²) in [5, 5.41) is 10.5. The highest BCUT2D eigenvalue weighted by Crippen LogP contribution is 2.28. The summed E-state index contributed by atoms with van der Waals surface area (Å²) >= 11 is 0. The lowest BCUT2D eigenvalue weighted by Gasteiger charge is -2.13. The molecule has 0 saturated heterocycles. The van der Waals surface area contributed by atoms with Crippen LogP contribution in [0.3, 0.4) is 0 Å². The zero-order chi connectivity index (χ0) is 31.9. The van der Waals surface area contributed by atoms with E-state index in [1.807, 2.05) is 19.1 Å². The van der Waals surface area contributed by atoms with Gasteiger partial charge in [-0.25, -0.2) is 9.59 Å². The summed E-state index contributed by atoms with van der Waals surface area (Å²) in [7, 11) is 0. The number of carbonyl (C=O) groups is 3. The summed E-state index contributed by atoms with van der Waals surface area (Å²) in [4.78, 5) is 37.9. The van der Waals surface area contributed by atoms with Crippen LogP contribution in [0.25, 0.3) is 11.1 Å². The first-order valence-corrected chi connectivity index (χ1v) is 15.9. The van der Waals surface area contributed by atoms with E-state index in [1.165, 1.54) is 18.2 Å². The number of benzene rings is 3. The largest absolute Gasteiger partial charge is 0.507 e. The smallest absolute Gasteiger partial charge is 0.343 e. The van der Waals surface area contributed by atoms with Crippen LogP contribution in [0.5, 0.6) is 17.2 Å². The predicted molar refractivity (Wildman–Crippen MR) is 172 cm³/mol. The Morgan fingerprint density at radius 1 is 0.705 bits per heavy atom. The average Bonchev–Trinajstić information content (AvgIpc) is 3.03. The van der Waals surface area contributed by atoms with Crippen molar-refractivity contribution in [2.24, 2.45) is 5.92 Å². The van der Waals surface area contributed by atoms with E-state index < -0.39 is 18.0 Å². The van der Waals surface area contributed by atoms with Crippen molar-refractivity contribution in [3.05, 3.63) is 77.9 Å². The zero-order valence-corrected chi connectivity index (χ0v) is 26.5. The fourth-order valence-corrected chi connectivity index (χ4v) is 4.79. The summed E-state index contributed by atoms with van der Waals surface area (Å²) in [6.45, 7) is 8.40. The van der Waals surface area contributed by atoms with Crippen molar-refractivity contribution in [1.29, 1.82) is 0 Å². The zero-order valence-electron chi connectivity index (χ0n) is 26.5. The van der Waals surface area contributed by atoms with Gasteiger partial charge in [-0.2, -0.15) is 0 Å². The first kappa shape index (κ1) is 34.5. The summed E-state index contributed by atoms with van der Waals surface area (Å²) in [5.74, 6) is -0.932. The molecular weight excluding hydrogens is 556 g/mol. The Bertz CT molecular complexity index is 1350. The monoisotopic (exact) mass is 602 g/mol. The minimum absolute atomic E-state index is 0.115. The third-order valence-electron chi connectivity index (χ3n) is 7.61. The molecule has 0 bridgehead atoms. The van der Waals surface area contributed by atoms with Crippen LogP contribution in [0, 0.1) is 5.92 Å². The fraction of sp³-hybridized carbons (Fsp3) is 0.432. The van der Waals surface area contributed by atoms with Crippen LogP contribution in [0.1, 0.15) is 106 Å². The van der Waals surface area contributed by atoms with Gasteiger partial charge in [0.05, 0.1) is 11.1 Å². The molecule has 3 aromatic rings. The number of phenols is 1. The lowest BCUT2D eigenvalue weighted by Crippen LogP contribution is -2.26. The van der Waals surface area contributed by atoms with Crippen molar-refractivity contribution in [1.82, 2.24) is 0 Å². The molecule has 3 rings (SSSR count). The maximum absolute atomic E-state index is 12.8. The van der Waals surface area contributed by atoms with Crippen LogP contribution in [0.2, 0.25) is 0 Å². The van der Waals surface area contributed by atoms with Gasteiger partial charge in [-0.3, -0.25) is 4.79 Å². The number of aromatic hydroxyl groups is 1. The Morgan fingerprint density at radius 3 is 1.91 bits per heavy atom. The minimum atomic E-state index is -0.637. The van der Waals surface area contributed by atoms with Crippen LogP contribution in [0.4, 0.5) is 0 Å². The van der Waals surface area contributed by atoms with Gasteiger partial charge in [-0.15, -0.1) is 0 Å². The molecule has 2 atom stereocenters. The lowest BCUT2D eigenvalue weighted by atomic mass is 9.93. The van der Waals surface area contributed by atoms with Crippen molar-refractivity contribution in [3.63, 3.8) is 0 Å². The van der Waals surface area contributed by atoms with E-state index in [9.17, 15) is 19.5 Å². The van der Waals surface area contributed by atoms with Gasteiger partial charge >= 0.3 is 11.9 Å². The maximum atomic E-state index is 12.8. The van der Waals surface area contributed by atoms with Gasteiger partial charge in [0.2, 0.25) is 0 Å². The van der Waals surface area contributed by atoms with Gasteiger partial charge in [-0.1, -0.05) is 90.0 Å². The highest BCUT2D eigenvalue weighted by atomic mass is 16.6. The maximum Gasteiger partial charge on any atom is 0.343 e. The summed E-state index contributed by atoms with van der Waals surface area (Å²) in [5.41, 5.74) is 2.32. The highest BCUT2D eigenvalue weighted by Gasteiger charge is 2.20. The SMILES string of the molecule is CCCCCCO[C@H](C)C(=O)Oc1ccc(-c2ccc(C(=O)Oc3ccc(C(=O)[C@@H](C)CCCCCC)c(O)c3)cc2)cc1. The molecule has 44 heavy (non-hydrogen) atoms. The Morgan fingerprint density at radius 2 is 1.30 bits per heavy atom. The molecule has 3 aromatic carbocycles. The van der Waals surface area contributed by atoms with Crippen LogP contribution < -0.4 is 9.47 Å². The van der Waals surface area contributed by atoms with E-state index in [0.717, 1.165) is 68.9 Å². The standard InChI is InChI=1S/C37H46O7/c1-5-7-9-11-13-26(3)35(39)33-23-22-32(25-34(33)38)44-37(41)30-16-14-28(15-17-30)29-18-20-31(21-19-29)43-36(40)27(4)42-24-12-10-8-6-2/h14-23,25-27,38H,5-13,24H2,1-4H3/t26-,27+/m0/s1. The number of esters is 2. The molecule has 0 spiro atoms. The van der Waals surface area contributed by atoms with E-state index in [0.29, 0.717) is 17.9 Å². The molecule has 0 fully saturated rings. The summed E-state index contributed by atoms with van der Waals surface area (Å²) < 4.78 is 16.5. The average molecular weight is 603 g/mol. The summed E-state index contributed by atoms with van der Waals surface area (Å²) in [6, 6.07) is 18.4. The second kappa shape index (κ2) is 18.0. The topological polar surface area (TPSA) is 99.1 Å². The number of phenolic OH excluding ortho intramolecular Hbond substituents is 1. The molecule has 0 radical (unpaired) electrons. The summed E-state index contributed by atoms with van der Waals surface area (Å²) in [6.07, 6.45) is 8.81. The molecule has 0 aliphatic carbocycles. The van der Waals surface area contributed by atoms with Gasteiger partial charge in [0.25, 0.3) is 0 Å². The van der Waals surface area contributed by atoms with Crippen molar-refractivity contribution >= 4 is 17.7 Å². The Balaban J connectivity index is 1.52. The van der Waals surface area contributed by atoms with Gasteiger partial charge in [-0.05, 0) is 67.3 Å². The van der Waals surface area contributed by atoms with Crippen LogP contribution >= 0.6 is 0 Å². The van der Waals surface area contributed by atoms with E-state index in [1.54, 1.807) is 43.3 Å². The molecule has 0 heterocycles. The van der Waals surface area contributed by atoms with Gasteiger partial charge in [0.15, 0.2) is 11.9 Å². The number of unbranched alkanes of at least 4 members (excludes halogenated alkanes) is 6. The number of ketones is 1. The molecule has 0 amide bonds. The molecule has 7 heteroatoms. The first-order chi connectivity index (χ1) is 21.2. The third-order valence-corrected chi connectivity index (χ3v) is 7.61. The van der Waals surface area contributed by atoms with Crippen molar-refractivity contribution < 1.29 is 33.7 Å². The molecule has 0 saturated carbocycles. The molecule has 0 unspecified atom stereocenters. The van der Waals surface area contributed by atoms with Crippen LogP contribution in [0.15, 0.2) is 66.7 Å². The fourth-order valence-electron chi connectivity index (χ4n) is 4.79. The molecular formula is C37H46O7. The Kier molecular flexibility index (Phi) is 14.1. The number of Topliss-reactive ketones (excluding diaryl/α,β-unsaturated/α-hetero) is 1. The Labute approximate surface area is 261 Å². The number of rotatable bonds is 18. The van der Waals surface area contributed by atoms with Crippen LogP contribution in [-0.4, -0.2) is 35.5 Å². The Hall–Kier alpha value is -3.97.